The highest BCUT2D eigenvalue weighted by molar-refractivity contribution is 5.86. The molecule has 3 amide bonds. The van der Waals surface area contributed by atoms with E-state index in [0.717, 1.165) is 5.06 Å². The van der Waals surface area contributed by atoms with Crippen LogP contribution in [0.2, 0.25) is 0 Å². The second-order valence-electron chi connectivity index (χ2n) is 4.03. The number of nitrogens with one attached hydrogen (secondary N) is 2. The normalized spacial score (nSPS) is 20.1. The van der Waals surface area contributed by atoms with Crippen molar-refractivity contribution < 1.29 is 24.3 Å². The molecule has 1 fully saturated rings. The fourth-order valence-electron chi connectivity index (χ4n) is 1.83. The molecule has 0 unspecified atom stereocenters. The van der Waals surface area contributed by atoms with Gasteiger partial charge in [-0.2, -0.15) is 0 Å². The number of likely N-dealkylation sites (N-methyl/N-ethyl adjacent to an activating group) is 1. The first-order valence-corrected chi connectivity index (χ1v) is 5.54. The molecule has 0 saturated carbocycles. The van der Waals surface area contributed by atoms with E-state index in [-0.39, 0.29) is 18.2 Å². The van der Waals surface area contributed by atoms with Gasteiger partial charge in [0.25, 0.3) is 5.91 Å². The number of carbonyl (C=O) groups is 3. The molecule has 0 aromatic carbocycles. The van der Waals surface area contributed by atoms with Gasteiger partial charge in [-0.05, 0) is 12.8 Å². The Morgan fingerprint density at radius 1 is 1.67 bits per heavy atom. The van der Waals surface area contributed by atoms with Gasteiger partial charge in [0.1, 0.15) is 6.04 Å². The molecule has 1 heterocycles. The summed E-state index contributed by atoms with van der Waals surface area (Å²) in [5.41, 5.74) is 0. The van der Waals surface area contributed by atoms with Crippen molar-refractivity contribution >= 4 is 17.9 Å². The minimum atomic E-state index is -1.31. The summed E-state index contributed by atoms with van der Waals surface area (Å²) in [6.07, 6.45) is -0.582. The van der Waals surface area contributed by atoms with Crippen LogP contribution in [0.25, 0.3) is 0 Å². The number of carbonyl (C=O) groups excluding carboxylic acids is 2. The van der Waals surface area contributed by atoms with E-state index in [1.54, 1.807) is 0 Å². The van der Waals surface area contributed by atoms with Gasteiger partial charge in [0.2, 0.25) is 5.91 Å². The zero-order valence-electron chi connectivity index (χ0n) is 10.3. The van der Waals surface area contributed by atoms with Gasteiger partial charge in [0.05, 0.1) is 7.11 Å². The van der Waals surface area contributed by atoms with Gasteiger partial charge in [-0.1, -0.05) is 0 Å². The van der Waals surface area contributed by atoms with Crippen molar-refractivity contribution in [2.24, 2.45) is 5.92 Å². The molecule has 2 atom stereocenters. The van der Waals surface area contributed by atoms with Gasteiger partial charge in [-0.3, -0.25) is 14.4 Å². The lowest BCUT2D eigenvalue weighted by Gasteiger charge is -2.23. The molecule has 1 rings (SSSR count). The van der Waals surface area contributed by atoms with Crippen molar-refractivity contribution in [1.29, 1.82) is 0 Å². The van der Waals surface area contributed by atoms with E-state index in [2.05, 4.69) is 10.6 Å². The first kappa shape index (κ1) is 14.2. The first-order valence-electron chi connectivity index (χ1n) is 5.54. The number of hydroxylamine groups is 2. The molecule has 0 spiro atoms. The standard InChI is InChI=1S/C10H17N3O5/c1-13(18-2)9(15)7(12-10(16)17)5-6-3-4-11-8(6)14/h6-7,12H,3-5H2,1-2H3,(H,11,14)(H,16,17)/t6-,7-/m0/s1. The van der Waals surface area contributed by atoms with Crippen LogP contribution in [0.5, 0.6) is 0 Å². The number of carboxylic acid groups (broad SMARTS) is 1. The smallest absolute Gasteiger partial charge is 0.405 e. The van der Waals surface area contributed by atoms with E-state index in [4.69, 9.17) is 9.94 Å². The summed E-state index contributed by atoms with van der Waals surface area (Å²) in [7, 11) is 2.69. The Morgan fingerprint density at radius 3 is 2.78 bits per heavy atom. The second-order valence-corrected chi connectivity index (χ2v) is 4.03. The van der Waals surface area contributed by atoms with Crippen molar-refractivity contribution in [2.75, 3.05) is 20.7 Å². The van der Waals surface area contributed by atoms with Gasteiger partial charge in [0, 0.05) is 19.5 Å². The van der Waals surface area contributed by atoms with Gasteiger partial charge < -0.3 is 15.7 Å². The van der Waals surface area contributed by atoms with E-state index in [9.17, 15) is 14.4 Å². The summed E-state index contributed by atoms with van der Waals surface area (Å²) in [5.74, 6) is -1.03. The number of nitrogens with zero attached hydrogens (tertiary/aromatic N) is 1. The maximum absolute atomic E-state index is 11.8. The lowest BCUT2D eigenvalue weighted by Crippen LogP contribution is -2.48. The van der Waals surface area contributed by atoms with Crippen molar-refractivity contribution in [1.82, 2.24) is 15.7 Å². The summed E-state index contributed by atoms with van der Waals surface area (Å²) in [6.45, 7) is 0.553. The highest BCUT2D eigenvalue weighted by Gasteiger charge is 2.32. The van der Waals surface area contributed by atoms with Crippen molar-refractivity contribution in [3.05, 3.63) is 0 Å². The largest absolute Gasteiger partial charge is 0.465 e. The van der Waals surface area contributed by atoms with Crippen LogP contribution in [-0.2, 0) is 14.4 Å². The van der Waals surface area contributed by atoms with Crippen LogP contribution in [-0.4, -0.2) is 54.8 Å². The summed E-state index contributed by atoms with van der Waals surface area (Å²) < 4.78 is 0. The van der Waals surface area contributed by atoms with Crippen molar-refractivity contribution in [2.45, 2.75) is 18.9 Å². The van der Waals surface area contributed by atoms with E-state index >= 15 is 0 Å². The lowest BCUT2D eigenvalue weighted by molar-refractivity contribution is -0.171. The Balaban J connectivity index is 2.68. The lowest BCUT2D eigenvalue weighted by atomic mass is 9.98. The number of rotatable bonds is 5. The molecule has 3 N–H and O–H groups in total. The Labute approximate surface area is 104 Å². The van der Waals surface area contributed by atoms with E-state index < -0.39 is 18.0 Å². The third-order valence-electron chi connectivity index (χ3n) is 2.86. The molecule has 1 aliphatic heterocycles. The molecular formula is C10H17N3O5. The van der Waals surface area contributed by atoms with Crippen LogP contribution in [0.15, 0.2) is 0 Å². The predicted molar refractivity (Wildman–Crippen MR) is 60.5 cm³/mol. The molecular weight excluding hydrogens is 242 g/mol. The summed E-state index contributed by atoms with van der Waals surface area (Å²) >= 11 is 0. The molecule has 0 bridgehead atoms. The molecule has 8 nitrogen and oxygen atoms in total. The first-order chi connectivity index (χ1) is 8.45. The van der Waals surface area contributed by atoms with Crippen LogP contribution in [0.3, 0.4) is 0 Å². The monoisotopic (exact) mass is 259 g/mol. The molecule has 0 aromatic heterocycles. The van der Waals surface area contributed by atoms with E-state index in [1.165, 1.54) is 14.2 Å². The predicted octanol–water partition coefficient (Wildman–Crippen LogP) is -0.831. The van der Waals surface area contributed by atoms with Crippen LogP contribution in [0.4, 0.5) is 4.79 Å². The van der Waals surface area contributed by atoms with Gasteiger partial charge >= 0.3 is 6.09 Å². The van der Waals surface area contributed by atoms with Crippen molar-refractivity contribution in [3.63, 3.8) is 0 Å². The minimum absolute atomic E-state index is 0.130. The third kappa shape index (κ3) is 3.59. The molecule has 1 saturated heterocycles. The maximum Gasteiger partial charge on any atom is 0.405 e. The molecule has 18 heavy (non-hydrogen) atoms. The third-order valence-corrected chi connectivity index (χ3v) is 2.86. The quantitative estimate of drug-likeness (QED) is 0.558. The Bertz CT molecular complexity index is 346. The Hall–Kier alpha value is -1.83. The average molecular weight is 259 g/mol. The number of hydrogen-bond acceptors (Lipinski definition) is 4. The van der Waals surface area contributed by atoms with Crippen LogP contribution in [0.1, 0.15) is 12.8 Å². The zero-order chi connectivity index (χ0) is 13.7. The van der Waals surface area contributed by atoms with Crippen molar-refractivity contribution in [3.8, 4) is 0 Å². The fourth-order valence-corrected chi connectivity index (χ4v) is 1.83. The zero-order valence-corrected chi connectivity index (χ0v) is 10.3. The van der Waals surface area contributed by atoms with Gasteiger partial charge in [-0.15, -0.1) is 0 Å². The van der Waals surface area contributed by atoms with Gasteiger partial charge in [-0.25, -0.2) is 9.86 Å². The highest BCUT2D eigenvalue weighted by Crippen LogP contribution is 2.17. The number of hydrogen-bond donors (Lipinski definition) is 3. The van der Waals surface area contributed by atoms with E-state index in [1.807, 2.05) is 0 Å². The Kier molecular flexibility index (Phi) is 4.90. The Morgan fingerprint density at radius 2 is 2.33 bits per heavy atom. The fraction of sp³-hybridized carbons (Fsp3) is 0.700. The molecule has 0 aliphatic carbocycles. The SMILES string of the molecule is CON(C)C(=O)[C@H](C[C@@H]1CCNC1=O)NC(=O)O. The summed E-state index contributed by atoms with van der Waals surface area (Å²) in [6, 6.07) is -0.985. The average Bonchev–Trinajstić information content (AvgIpc) is 2.71. The molecule has 102 valence electrons. The summed E-state index contributed by atoms with van der Waals surface area (Å²) in [5, 5.41) is 14.4. The highest BCUT2D eigenvalue weighted by atomic mass is 16.7. The van der Waals surface area contributed by atoms with Gasteiger partial charge in [0.15, 0.2) is 0 Å². The molecule has 1 aliphatic rings. The molecule has 0 aromatic rings. The summed E-state index contributed by atoms with van der Waals surface area (Å²) in [4.78, 5) is 38.6. The molecule has 8 heteroatoms. The van der Waals surface area contributed by atoms with Crippen LogP contribution in [0, 0.1) is 5.92 Å². The molecule has 0 radical (unpaired) electrons. The maximum atomic E-state index is 11.8. The van der Waals surface area contributed by atoms with Crippen LogP contribution < -0.4 is 10.6 Å². The minimum Gasteiger partial charge on any atom is -0.465 e. The van der Waals surface area contributed by atoms with Crippen LogP contribution >= 0.6 is 0 Å². The second kappa shape index (κ2) is 6.20. The number of amides is 3. The topological polar surface area (TPSA) is 108 Å². The van der Waals surface area contributed by atoms with E-state index in [0.29, 0.717) is 13.0 Å².